The summed E-state index contributed by atoms with van der Waals surface area (Å²) in [6, 6.07) is 9.25. The van der Waals surface area contributed by atoms with Crippen molar-refractivity contribution in [3.63, 3.8) is 0 Å². The Balaban J connectivity index is 1.92. The van der Waals surface area contributed by atoms with Crippen LogP contribution in [0, 0.1) is 3.57 Å². The van der Waals surface area contributed by atoms with Gasteiger partial charge in [0.25, 0.3) is 0 Å². The molecule has 2 nitrogen and oxygen atoms in total. The fourth-order valence-corrected chi connectivity index (χ4v) is 2.51. The minimum absolute atomic E-state index is 0.652. The van der Waals surface area contributed by atoms with Crippen LogP contribution in [0.5, 0.6) is 0 Å². The predicted molar refractivity (Wildman–Crippen MR) is 73.3 cm³/mol. The quantitative estimate of drug-likeness (QED) is 0.844. The number of nitrogens with zero attached hydrogens (tertiary/aromatic N) is 1. The summed E-state index contributed by atoms with van der Waals surface area (Å²) in [7, 11) is 2.20. The highest BCUT2D eigenvalue weighted by molar-refractivity contribution is 14.1. The molecule has 3 heteroatoms. The Hall–Kier alpha value is -0.290. The molecule has 0 radical (unpaired) electrons. The van der Waals surface area contributed by atoms with Gasteiger partial charge in [-0.15, -0.1) is 0 Å². The molecule has 0 spiro atoms. The zero-order valence-corrected chi connectivity index (χ0v) is 11.2. The number of rotatable bonds is 2. The van der Waals surface area contributed by atoms with Gasteiger partial charge in [-0.2, -0.15) is 0 Å². The molecule has 15 heavy (non-hydrogen) atoms. The van der Waals surface area contributed by atoms with Crippen LogP contribution < -0.4 is 5.32 Å². The van der Waals surface area contributed by atoms with Gasteiger partial charge in [-0.1, -0.05) is 6.07 Å². The lowest BCUT2D eigenvalue weighted by molar-refractivity contribution is 0.264. The van der Waals surface area contributed by atoms with Crippen LogP contribution in [0.15, 0.2) is 24.3 Å². The van der Waals surface area contributed by atoms with E-state index in [0.29, 0.717) is 6.04 Å². The van der Waals surface area contributed by atoms with Crippen LogP contribution in [0.4, 0.5) is 5.69 Å². The smallest absolute Gasteiger partial charge is 0.0352 e. The Kier molecular flexibility index (Phi) is 3.86. The summed E-state index contributed by atoms with van der Waals surface area (Å²) in [5.41, 5.74) is 1.26. The summed E-state index contributed by atoms with van der Waals surface area (Å²) >= 11 is 2.35. The lowest BCUT2D eigenvalue weighted by Crippen LogP contribution is -2.36. The van der Waals surface area contributed by atoms with Gasteiger partial charge in [-0.25, -0.2) is 0 Å². The molecule has 0 bridgehead atoms. The zero-order chi connectivity index (χ0) is 10.7. The molecular weight excluding hydrogens is 299 g/mol. The van der Waals surface area contributed by atoms with Crippen molar-refractivity contribution in [2.45, 2.75) is 18.9 Å². The normalized spacial score (nSPS) is 19.1. The molecule has 1 aliphatic heterocycles. The Labute approximate surface area is 105 Å². The minimum atomic E-state index is 0.652. The van der Waals surface area contributed by atoms with Crippen LogP contribution >= 0.6 is 22.6 Å². The fourth-order valence-electron chi connectivity index (χ4n) is 1.97. The van der Waals surface area contributed by atoms with E-state index >= 15 is 0 Å². The van der Waals surface area contributed by atoms with Gasteiger partial charge in [-0.05, 0) is 73.8 Å². The van der Waals surface area contributed by atoms with Crippen LogP contribution in [-0.2, 0) is 0 Å². The van der Waals surface area contributed by atoms with E-state index in [1.54, 1.807) is 0 Å². The molecule has 0 atom stereocenters. The number of hydrogen-bond acceptors (Lipinski definition) is 2. The highest BCUT2D eigenvalue weighted by atomic mass is 127. The summed E-state index contributed by atoms with van der Waals surface area (Å²) in [6.07, 6.45) is 2.50. The number of likely N-dealkylation sites (tertiary alicyclic amines) is 1. The summed E-state index contributed by atoms with van der Waals surface area (Å²) in [4.78, 5) is 2.40. The maximum Gasteiger partial charge on any atom is 0.0352 e. The number of halogens is 1. The van der Waals surface area contributed by atoms with Gasteiger partial charge in [-0.3, -0.25) is 0 Å². The van der Waals surface area contributed by atoms with Crippen LogP contribution in [0.25, 0.3) is 0 Å². The first-order chi connectivity index (χ1) is 7.24. The van der Waals surface area contributed by atoms with E-state index in [4.69, 9.17) is 0 Å². The zero-order valence-electron chi connectivity index (χ0n) is 9.04. The molecule has 82 valence electrons. The van der Waals surface area contributed by atoms with Gasteiger partial charge in [0.1, 0.15) is 0 Å². The molecule has 1 aliphatic rings. The van der Waals surface area contributed by atoms with E-state index in [1.165, 1.54) is 35.2 Å². The molecule has 1 aromatic carbocycles. The number of piperidine rings is 1. The summed E-state index contributed by atoms with van der Waals surface area (Å²) in [5.74, 6) is 0. The fraction of sp³-hybridized carbons (Fsp3) is 0.500. The second kappa shape index (κ2) is 5.16. The Bertz CT molecular complexity index is 319. The average molecular weight is 316 g/mol. The molecule has 1 aromatic rings. The topological polar surface area (TPSA) is 15.3 Å². The van der Waals surface area contributed by atoms with Crippen molar-refractivity contribution in [1.82, 2.24) is 4.90 Å². The molecule has 1 heterocycles. The van der Waals surface area contributed by atoms with Crippen LogP contribution in [0.1, 0.15) is 12.8 Å². The highest BCUT2D eigenvalue weighted by Gasteiger charge is 2.15. The first kappa shape index (κ1) is 11.2. The Morgan fingerprint density at radius 2 is 2.07 bits per heavy atom. The van der Waals surface area contributed by atoms with Crippen LogP contribution in [0.2, 0.25) is 0 Å². The molecule has 0 saturated carbocycles. The van der Waals surface area contributed by atoms with E-state index in [0.717, 1.165) is 0 Å². The average Bonchev–Trinajstić information content (AvgIpc) is 2.22. The van der Waals surface area contributed by atoms with Crippen LogP contribution in [0.3, 0.4) is 0 Å². The van der Waals surface area contributed by atoms with E-state index in [2.05, 4.69) is 64.1 Å². The molecule has 1 N–H and O–H groups in total. The lowest BCUT2D eigenvalue weighted by Gasteiger charge is -2.30. The third-order valence-electron chi connectivity index (χ3n) is 2.91. The second-order valence-electron chi connectivity index (χ2n) is 4.23. The number of anilines is 1. The van der Waals surface area contributed by atoms with Crippen molar-refractivity contribution < 1.29 is 0 Å². The number of hydrogen-bond donors (Lipinski definition) is 1. The van der Waals surface area contributed by atoms with Crippen molar-refractivity contribution in [1.29, 1.82) is 0 Å². The Morgan fingerprint density at radius 1 is 1.33 bits per heavy atom. The van der Waals surface area contributed by atoms with Gasteiger partial charge < -0.3 is 10.2 Å². The summed E-state index contributed by atoms with van der Waals surface area (Å²) in [5, 5.41) is 3.61. The van der Waals surface area contributed by atoms with Gasteiger partial charge in [0.15, 0.2) is 0 Å². The first-order valence-electron chi connectivity index (χ1n) is 5.45. The van der Waals surface area contributed by atoms with Crippen molar-refractivity contribution in [2.75, 3.05) is 25.5 Å². The second-order valence-corrected chi connectivity index (χ2v) is 5.48. The number of nitrogens with one attached hydrogen (secondary N) is 1. The van der Waals surface area contributed by atoms with E-state index in [-0.39, 0.29) is 0 Å². The largest absolute Gasteiger partial charge is 0.382 e. The SMILES string of the molecule is CN1CCC(Nc2cccc(I)c2)CC1. The molecule has 0 aliphatic carbocycles. The predicted octanol–water partition coefficient (Wildman–Crippen LogP) is 2.80. The molecular formula is C12H17IN2. The number of benzene rings is 1. The third-order valence-corrected chi connectivity index (χ3v) is 3.58. The lowest BCUT2D eigenvalue weighted by atomic mass is 10.1. The van der Waals surface area contributed by atoms with Crippen LogP contribution in [-0.4, -0.2) is 31.1 Å². The van der Waals surface area contributed by atoms with Gasteiger partial charge in [0, 0.05) is 15.3 Å². The molecule has 0 amide bonds. The van der Waals surface area contributed by atoms with Crippen molar-refractivity contribution in [2.24, 2.45) is 0 Å². The third kappa shape index (κ3) is 3.34. The molecule has 0 aromatic heterocycles. The summed E-state index contributed by atoms with van der Waals surface area (Å²) < 4.78 is 1.30. The molecule has 1 fully saturated rings. The standard InChI is InChI=1S/C12H17IN2/c1-15-7-5-11(6-8-15)14-12-4-2-3-10(13)9-12/h2-4,9,11,14H,5-8H2,1H3. The van der Waals surface area contributed by atoms with Crippen molar-refractivity contribution in [3.05, 3.63) is 27.8 Å². The Morgan fingerprint density at radius 3 is 2.73 bits per heavy atom. The molecule has 1 saturated heterocycles. The van der Waals surface area contributed by atoms with Crippen molar-refractivity contribution in [3.8, 4) is 0 Å². The van der Waals surface area contributed by atoms with Gasteiger partial charge in [0.05, 0.1) is 0 Å². The van der Waals surface area contributed by atoms with E-state index in [9.17, 15) is 0 Å². The van der Waals surface area contributed by atoms with E-state index < -0.39 is 0 Å². The minimum Gasteiger partial charge on any atom is -0.382 e. The monoisotopic (exact) mass is 316 g/mol. The van der Waals surface area contributed by atoms with Gasteiger partial charge >= 0.3 is 0 Å². The molecule has 2 rings (SSSR count). The van der Waals surface area contributed by atoms with E-state index in [1.807, 2.05) is 0 Å². The van der Waals surface area contributed by atoms with Crippen molar-refractivity contribution >= 4 is 28.3 Å². The summed E-state index contributed by atoms with van der Waals surface area (Å²) in [6.45, 7) is 2.42. The highest BCUT2D eigenvalue weighted by Crippen LogP contribution is 2.17. The maximum atomic E-state index is 3.61. The molecule has 0 unspecified atom stereocenters. The maximum absolute atomic E-state index is 3.61. The van der Waals surface area contributed by atoms with Gasteiger partial charge in [0.2, 0.25) is 0 Å². The first-order valence-corrected chi connectivity index (χ1v) is 6.52.